The highest BCUT2D eigenvalue weighted by molar-refractivity contribution is 5.96. The normalized spacial score (nSPS) is 10.2. The van der Waals surface area contributed by atoms with Crippen molar-refractivity contribution in [3.63, 3.8) is 0 Å². The van der Waals surface area contributed by atoms with Crippen LogP contribution in [0.25, 0.3) is 0 Å². The Morgan fingerprint density at radius 2 is 2.12 bits per heavy atom. The van der Waals surface area contributed by atoms with E-state index in [9.17, 15) is 9.18 Å². The maximum absolute atomic E-state index is 13.1. The van der Waals surface area contributed by atoms with Crippen LogP contribution in [0.15, 0.2) is 30.9 Å². The van der Waals surface area contributed by atoms with Crippen LogP contribution in [0.2, 0.25) is 0 Å². The molecule has 1 rings (SSSR count). The van der Waals surface area contributed by atoms with Crippen LogP contribution in [0, 0.1) is 5.82 Å². The number of halogens is 1. The lowest BCUT2D eigenvalue weighted by Gasteiger charge is -2.02. The molecule has 1 aromatic rings. The lowest BCUT2D eigenvalue weighted by molar-refractivity contribution is 0.0979. The molecule has 0 bridgehead atoms. The van der Waals surface area contributed by atoms with E-state index < -0.39 is 5.82 Å². The van der Waals surface area contributed by atoms with E-state index in [1.807, 2.05) is 6.08 Å². The molecule has 0 aliphatic carbocycles. The molecule has 0 aromatic heterocycles. The molecule has 0 saturated carbocycles. The van der Waals surface area contributed by atoms with E-state index in [0.717, 1.165) is 25.7 Å². The van der Waals surface area contributed by atoms with Gasteiger partial charge in [-0.05, 0) is 37.5 Å². The Labute approximate surface area is 101 Å². The lowest BCUT2D eigenvalue weighted by atomic mass is 10.0. The highest BCUT2D eigenvalue weighted by atomic mass is 19.1. The van der Waals surface area contributed by atoms with Gasteiger partial charge in [0, 0.05) is 12.0 Å². The first-order valence-electron chi connectivity index (χ1n) is 5.84. The summed E-state index contributed by atoms with van der Waals surface area (Å²) in [6.45, 7) is 3.64. The molecule has 0 unspecified atom stereocenters. The maximum Gasteiger partial charge on any atom is 0.162 e. The monoisotopic (exact) mass is 235 g/mol. The number of allylic oxidation sites excluding steroid dienone is 1. The molecule has 92 valence electrons. The first-order chi connectivity index (χ1) is 8.15. The molecular formula is C14H18FNO. The molecule has 0 aliphatic heterocycles. The minimum absolute atomic E-state index is 0.0255. The predicted molar refractivity (Wildman–Crippen MR) is 68.4 cm³/mol. The van der Waals surface area contributed by atoms with Gasteiger partial charge in [-0.2, -0.15) is 0 Å². The Bertz CT molecular complexity index is 401. The third-order valence-corrected chi connectivity index (χ3v) is 2.63. The fourth-order valence-electron chi connectivity index (χ4n) is 1.60. The van der Waals surface area contributed by atoms with Gasteiger partial charge >= 0.3 is 0 Å². The molecule has 0 amide bonds. The zero-order valence-corrected chi connectivity index (χ0v) is 9.92. The van der Waals surface area contributed by atoms with Crippen LogP contribution in [-0.4, -0.2) is 5.78 Å². The number of hydrogen-bond donors (Lipinski definition) is 1. The molecule has 17 heavy (non-hydrogen) atoms. The fraction of sp³-hybridized carbons (Fsp3) is 0.357. The maximum atomic E-state index is 13.1. The summed E-state index contributed by atoms with van der Waals surface area (Å²) >= 11 is 0. The Balaban J connectivity index is 2.41. The van der Waals surface area contributed by atoms with E-state index in [-0.39, 0.29) is 11.5 Å². The van der Waals surface area contributed by atoms with Crippen molar-refractivity contribution in [2.75, 3.05) is 5.73 Å². The SMILES string of the molecule is C=CCCCCCC(=O)c1ccc(N)c(F)c1. The molecule has 0 radical (unpaired) electrons. The van der Waals surface area contributed by atoms with Gasteiger partial charge in [0.1, 0.15) is 5.82 Å². The molecule has 1 aromatic carbocycles. The molecule has 0 aliphatic rings. The number of carbonyl (C=O) groups excluding carboxylic acids is 1. The molecule has 2 nitrogen and oxygen atoms in total. The Hall–Kier alpha value is -1.64. The Morgan fingerprint density at radius 3 is 2.76 bits per heavy atom. The number of Topliss-reactive ketones (excluding diaryl/α,β-unsaturated/α-hetero) is 1. The number of rotatable bonds is 7. The van der Waals surface area contributed by atoms with Crippen LogP contribution in [0.4, 0.5) is 10.1 Å². The van der Waals surface area contributed by atoms with Gasteiger partial charge in [0.05, 0.1) is 5.69 Å². The van der Waals surface area contributed by atoms with Gasteiger partial charge in [0.15, 0.2) is 5.78 Å². The number of nitrogens with two attached hydrogens (primary N) is 1. The quantitative estimate of drug-likeness (QED) is 0.339. The second kappa shape index (κ2) is 6.84. The number of ketones is 1. The zero-order valence-electron chi connectivity index (χ0n) is 9.92. The van der Waals surface area contributed by atoms with E-state index in [4.69, 9.17) is 5.73 Å². The number of benzene rings is 1. The topological polar surface area (TPSA) is 43.1 Å². The van der Waals surface area contributed by atoms with Gasteiger partial charge in [-0.1, -0.05) is 12.5 Å². The number of unbranched alkanes of at least 4 members (excludes halogenated alkanes) is 3. The second-order valence-corrected chi connectivity index (χ2v) is 4.05. The van der Waals surface area contributed by atoms with Crippen molar-refractivity contribution in [1.82, 2.24) is 0 Å². The number of hydrogen-bond acceptors (Lipinski definition) is 2. The van der Waals surface area contributed by atoms with Crippen molar-refractivity contribution in [3.8, 4) is 0 Å². The number of nitrogen functional groups attached to an aromatic ring is 1. The van der Waals surface area contributed by atoms with E-state index in [1.54, 1.807) is 6.07 Å². The zero-order chi connectivity index (χ0) is 12.7. The average molecular weight is 235 g/mol. The van der Waals surface area contributed by atoms with Crippen molar-refractivity contribution >= 4 is 11.5 Å². The number of carbonyl (C=O) groups is 1. The van der Waals surface area contributed by atoms with E-state index in [0.29, 0.717) is 12.0 Å². The van der Waals surface area contributed by atoms with Gasteiger partial charge < -0.3 is 5.73 Å². The highest BCUT2D eigenvalue weighted by Crippen LogP contribution is 2.15. The molecule has 0 fully saturated rings. The molecule has 0 spiro atoms. The van der Waals surface area contributed by atoms with Crippen LogP contribution in [0.5, 0.6) is 0 Å². The average Bonchev–Trinajstić information content (AvgIpc) is 2.32. The van der Waals surface area contributed by atoms with E-state index >= 15 is 0 Å². The summed E-state index contributed by atoms with van der Waals surface area (Å²) in [4.78, 5) is 11.7. The summed E-state index contributed by atoms with van der Waals surface area (Å²) in [7, 11) is 0. The summed E-state index contributed by atoms with van der Waals surface area (Å²) in [5.74, 6) is -0.551. The van der Waals surface area contributed by atoms with Crippen molar-refractivity contribution in [1.29, 1.82) is 0 Å². The second-order valence-electron chi connectivity index (χ2n) is 4.05. The van der Waals surface area contributed by atoms with Gasteiger partial charge in [-0.3, -0.25) is 4.79 Å². The van der Waals surface area contributed by atoms with Gasteiger partial charge in [0.25, 0.3) is 0 Å². The third kappa shape index (κ3) is 4.39. The van der Waals surface area contributed by atoms with Gasteiger partial charge in [-0.25, -0.2) is 4.39 Å². The Morgan fingerprint density at radius 1 is 1.35 bits per heavy atom. The Kier molecular flexibility index (Phi) is 5.40. The summed E-state index contributed by atoms with van der Waals surface area (Å²) in [6, 6.07) is 4.21. The standard InChI is InChI=1S/C14H18FNO/c1-2-3-4-5-6-7-14(17)11-8-9-13(16)12(15)10-11/h2,8-10H,1,3-7,16H2. The van der Waals surface area contributed by atoms with Gasteiger partial charge in [0.2, 0.25) is 0 Å². The van der Waals surface area contributed by atoms with Crippen molar-refractivity contribution in [2.45, 2.75) is 32.1 Å². The van der Waals surface area contributed by atoms with Crippen LogP contribution < -0.4 is 5.73 Å². The van der Waals surface area contributed by atoms with Crippen LogP contribution in [-0.2, 0) is 0 Å². The molecule has 0 heterocycles. The van der Waals surface area contributed by atoms with Crippen molar-refractivity contribution in [3.05, 3.63) is 42.2 Å². The molecule has 3 heteroatoms. The third-order valence-electron chi connectivity index (χ3n) is 2.63. The fourth-order valence-corrected chi connectivity index (χ4v) is 1.60. The summed E-state index contributed by atoms with van der Waals surface area (Å²) in [5.41, 5.74) is 5.83. The summed E-state index contributed by atoms with van der Waals surface area (Å²) in [5, 5.41) is 0. The minimum Gasteiger partial charge on any atom is -0.396 e. The predicted octanol–water partition coefficient (Wildman–Crippen LogP) is 3.73. The van der Waals surface area contributed by atoms with Crippen molar-refractivity contribution in [2.24, 2.45) is 0 Å². The molecule has 0 saturated heterocycles. The van der Waals surface area contributed by atoms with Crippen LogP contribution >= 0.6 is 0 Å². The molecule has 2 N–H and O–H groups in total. The first-order valence-corrected chi connectivity index (χ1v) is 5.84. The largest absolute Gasteiger partial charge is 0.396 e. The highest BCUT2D eigenvalue weighted by Gasteiger charge is 2.07. The smallest absolute Gasteiger partial charge is 0.162 e. The lowest BCUT2D eigenvalue weighted by Crippen LogP contribution is -2.01. The van der Waals surface area contributed by atoms with E-state index in [1.165, 1.54) is 12.1 Å². The minimum atomic E-state index is -0.525. The summed E-state index contributed by atoms with van der Waals surface area (Å²) in [6.07, 6.45) is 6.18. The number of anilines is 1. The molecule has 0 atom stereocenters. The first kappa shape index (κ1) is 13.4. The van der Waals surface area contributed by atoms with E-state index in [2.05, 4.69) is 6.58 Å². The van der Waals surface area contributed by atoms with Gasteiger partial charge in [-0.15, -0.1) is 6.58 Å². The van der Waals surface area contributed by atoms with Crippen LogP contribution in [0.3, 0.4) is 0 Å². The van der Waals surface area contributed by atoms with Crippen LogP contribution in [0.1, 0.15) is 42.5 Å². The summed E-state index contributed by atoms with van der Waals surface area (Å²) < 4.78 is 13.1. The van der Waals surface area contributed by atoms with Crippen molar-refractivity contribution < 1.29 is 9.18 Å². The molecular weight excluding hydrogens is 217 g/mol.